The highest BCUT2D eigenvalue weighted by Crippen LogP contribution is 2.44. The molecular weight excluding hydrogens is 372 g/mol. The van der Waals surface area contributed by atoms with E-state index in [1.165, 1.54) is 0 Å². The number of carbonyl (C=O) groups is 2. The molecule has 0 aromatic rings. The molecule has 1 heterocycles. The van der Waals surface area contributed by atoms with Crippen LogP contribution in [0.5, 0.6) is 0 Å². The third-order valence-corrected chi connectivity index (χ3v) is 6.30. The Bertz CT molecular complexity index is 688. The number of cyclic esters (lactones) is 1. The average Bonchev–Trinajstić information content (AvgIpc) is 2.59. The quantitative estimate of drug-likeness (QED) is 0.698. The van der Waals surface area contributed by atoms with Gasteiger partial charge in [0.25, 0.3) is 0 Å². The second-order valence-corrected chi connectivity index (χ2v) is 9.85. The zero-order valence-corrected chi connectivity index (χ0v) is 17.8. The van der Waals surface area contributed by atoms with E-state index in [4.69, 9.17) is 9.47 Å². The normalized spacial score (nSPS) is 37.4. The van der Waals surface area contributed by atoms with E-state index in [0.29, 0.717) is 19.3 Å². The number of ether oxygens (including phenoxy) is 2. The van der Waals surface area contributed by atoms with E-state index >= 15 is 0 Å². The summed E-state index contributed by atoms with van der Waals surface area (Å²) in [6.07, 6.45) is 6.50. The molecule has 1 aliphatic heterocycles. The van der Waals surface area contributed by atoms with Gasteiger partial charge in [0, 0.05) is 18.8 Å². The van der Waals surface area contributed by atoms with Crippen molar-refractivity contribution in [1.29, 1.82) is 0 Å². The highest BCUT2D eigenvalue weighted by atomic mass is 16.6. The highest BCUT2D eigenvalue weighted by Gasteiger charge is 2.43. The molecule has 0 aromatic carbocycles. The van der Waals surface area contributed by atoms with Gasteiger partial charge < -0.3 is 19.7 Å². The third-order valence-electron chi connectivity index (χ3n) is 6.30. The Morgan fingerprint density at radius 2 is 1.97 bits per heavy atom. The molecule has 3 rings (SSSR count). The largest absolute Gasteiger partial charge is 0.462 e. The summed E-state index contributed by atoms with van der Waals surface area (Å²) in [6, 6.07) is 0. The predicted octanol–water partition coefficient (Wildman–Crippen LogP) is 2.92. The van der Waals surface area contributed by atoms with Gasteiger partial charge in [-0.2, -0.15) is 0 Å². The van der Waals surface area contributed by atoms with Crippen molar-refractivity contribution in [2.75, 3.05) is 0 Å². The summed E-state index contributed by atoms with van der Waals surface area (Å²) in [5, 5.41) is 20.2. The van der Waals surface area contributed by atoms with Crippen molar-refractivity contribution in [2.24, 2.45) is 23.2 Å². The summed E-state index contributed by atoms with van der Waals surface area (Å²) in [5.74, 6) is -0.124. The van der Waals surface area contributed by atoms with E-state index < -0.39 is 17.6 Å². The summed E-state index contributed by atoms with van der Waals surface area (Å²) in [6.45, 7) is 7.63. The van der Waals surface area contributed by atoms with E-state index in [0.717, 1.165) is 12.0 Å². The maximum Gasteiger partial charge on any atom is 0.311 e. The lowest BCUT2D eigenvalue weighted by Gasteiger charge is -2.43. The van der Waals surface area contributed by atoms with Gasteiger partial charge in [0.1, 0.15) is 12.2 Å². The van der Waals surface area contributed by atoms with E-state index in [1.807, 2.05) is 32.9 Å². The molecule has 0 bridgehead atoms. The molecule has 2 aliphatic carbocycles. The van der Waals surface area contributed by atoms with Crippen LogP contribution in [0.1, 0.15) is 59.8 Å². The lowest BCUT2D eigenvalue weighted by Crippen LogP contribution is -2.44. The molecule has 0 spiro atoms. The Labute approximate surface area is 173 Å². The van der Waals surface area contributed by atoms with Gasteiger partial charge in [-0.1, -0.05) is 25.2 Å². The number of aliphatic hydroxyl groups is 2. The molecule has 7 atom stereocenters. The minimum Gasteiger partial charge on any atom is -0.462 e. The van der Waals surface area contributed by atoms with Crippen LogP contribution in [0.15, 0.2) is 23.8 Å². The number of carbonyl (C=O) groups excluding carboxylic acids is 2. The fourth-order valence-electron chi connectivity index (χ4n) is 4.72. The molecule has 3 aliphatic rings. The summed E-state index contributed by atoms with van der Waals surface area (Å²) in [7, 11) is 0. The first-order valence-electron chi connectivity index (χ1n) is 10.7. The van der Waals surface area contributed by atoms with E-state index in [9.17, 15) is 19.8 Å². The number of allylic oxidation sites excluding steroid dienone is 2. The predicted molar refractivity (Wildman–Crippen MR) is 108 cm³/mol. The summed E-state index contributed by atoms with van der Waals surface area (Å²) >= 11 is 0. The van der Waals surface area contributed by atoms with Gasteiger partial charge in [-0.3, -0.25) is 9.59 Å². The van der Waals surface area contributed by atoms with Crippen molar-refractivity contribution in [3.05, 3.63) is 23.8 Å². The number of esters is 2. The van der Waals surface area contributed by atoms with Crippen LogP contribution in [-0.2, 0) is 19.1 Å². The SMILES string of the molecule is C[C@@H]1C=CC2=C[C@@H](O)C[C@H](OC(=O)C(C)(C)C)[C@@H]2[C@H]1CC[C@@H]1C[C@@H](O)CC(=O)O1. The molecule has 1 fully saturated rings. The first-order chi connectivity index (χ1) is 13.5. The van der Waals surface area contributed by atoms with E-state index in [-0.39, 0.29) is 48.3 Å². The Hall–Kier alpha value is -1.66. The van der Waals surface area contributed by atoms with Crippen LogP contribution in [0.25, 0.3) is 0 Å². The van der Waals surface area contributed by atoms with Crippen LogP contribution in [0.3, 0.4) is 0 Å². The summed E-state index contributed by atoms with van der Waals surface area (Å²) < 4.78 is 11.3. The second-order valence-electron chi connectivity index (χ2n) is 9.85. The topological polar surface area (TPSA) is 93.1 Å². The van der Waals surface area contributed by atoms with Crippen LogP contribution >= 0.6 is 0 Å². The van der Waals surface area contributed by atoms with Crippen molar-refractivity contribution in [2.45, 2.75) is 84.2 Å². The Morgan fingerprint density at radius 3 is 2.62 bits per heavy atom. The standard InChI is InChI=1S/C23H34O6/c1-13-5-6-14-9-15(24)11-19(29-22(27)23(2,3)4)21(14)18(13)8-7-17-10-16(25)12-20(26)28-17/h5-6,9,13,15-19,21,24-25H,7-8,10-12H2,1-4H3/t13-,15-,16-,17-,18+,19+,21+/m1/s1. The highest BCUT2D eigenvalue weighted by molar-refractivity contribution is 5.75. The van der Waals surface area contributed by atoms with Gasteiger partial charge in [0.2, 0.25) is 0 Å². The van der Waals surface area contributed by atoms with Gasteiger partial charge in [-0.05, 0) is 51.0 Å². The van der Waals surface area contributed by atoms with Crippen molar-refractivity contribution >= 4 is 11.9 Å². The molecule has 0 aromatic heterocycles. The summed E-state index contributed by atoms with van der Waals surface area (Å²) in [4.78, 5) is 24.2. The van der Waals surface area contributed by atoms with E-state index in [1.54, 1.807) is 0 Å². The first-order valence-corrected chi connectivity index (χ1v) is 10.7. The minimum atomic E-state index is -0.634. The van der Waals surface area contributed by atoms with Gasteiger partial charge in [-0.15, -0.1) is 0 Å². The van der Waals surface area contributed by atoms with Gasteiger partial charge in [0.15, 0.2) is 0 Å². The van der Waals surface area contributed by atoms with Crippen LogP contribution < -0.4 is 0 Å². The maximum atomic E-state index is 12.6. The number of fused-ring (bicyclic) bond motifs is 1. The van der Waals surface area contributed by atoms with Gasteiger partial charge >= 0.3 is 11.9 Å². The Kier molecular flexibility index (Phi) is 6.54. The van der Waals surface area contributed by atoms with Gasteiger partial charge in [-0.25, -0.2) is 0 Å². The molecule has 162 valence electrons. The van der Waals surface area contributed by atoms with Gasteiger partial charge in [0.05, 0.1) is 24.0 Å². The minimum absolute atomic E-state index is 0.00826. The summed E-state index contributed by atoms with van der Waals surface area (Å²) in [5.41, 5.74) is 0.406. The monoisotopic (exact) mass is 406 g/mol. The zero-order chi connectivity index (χ0) is 21.3. The van der Waals surface area contributed by atoms with E-state index in [2.05, 4.69) is 13.0 Å². The smallest absolute Gasteiger partial charge is 0.311 e. The first kappa shape index (κ1) is 22.0. The molecule has 0 saturated carbocycles. The molecule has 0 unspecified atom stereocenters. The zero-order valence-electron chi connectivity index (χ0n) is 17.8. The van der Waals surface area contributed by atoms with Crippen molar-refractivity contribution in [1.82, 2.24) is 0 Å². The second kappa shape index (κ2) is 8.60. The van der Waals surface area contributed by atoms with Crippen molar-refractivity contribution < 1.29 is 29.3 Å². The Balaban J connectivity index is 1.76. The Morgan fingerprint density at radius 1 is 1.24 bits per heavy atom. The van der Waals surface area contributed by atoms with Crippen molar-refractivity contribution in [3.8, 4) is 0 Å². The van der Waals surface area contributed by atoms with Crippen LogP contribution in [0.4, 0.5) is 0 Å². The number of rotatable bonds is 4. The molecule has 6 heteroatoms. The lowest BCUT2D eigenvalue weighted by atomic mass is 9.66. The number of hydrogen-bond acceptors (Lipinski definition) is 6. The molecule has 29 heavy (non-hydrogen) atoms. The third kappa shape index (κ3) is 5.28. The van der Waals surface area contributed by atoms with Crippen LogP contribution in [0, 0.1) is 23.2 Å². The molecule has 2 N–H and O–H groups in total. The van der Waals surface area contributed by atoms with Crippen LogP contribution in [0.2, 0.25) is 0 Å². The average molecular weight is 407 g/mol. The number of aliphatic hydroxyl groups excluding tert-OH is 2. The molecular formula is C23H34O6. The lowest BCUT2D eigenvalue weighted by molar-refractivity contribution is -0.165. The van der Waals surface area contributed by atoms with Crippen molar-refractivity contribution in [3.63, 3.8) is 0 Å². The number of hydrogen-bond donors (Lipinski definition) is 2. The fourth-order valence-corrected chi connectivity index (χ4v) is 4.72. The van der Waals surface area contributed by atoms with Crippen LogP contribution in [-0.4, -0.2) is 46.6 Å². The molecule has 6 nitrogen and oxygen atoms in total. The fraction of sp³-hybridized carbons (Fsp3) is 0.739. The molecule has 1 saturated heterocycles. The molecule has 0 radical (unpaired) electrons. The maximum absolute atomic E-state index is 12.6. The molecule has 0 amide bonds.